The van der Waals surface area contributed by atoms with Crippen LogP contribution in [0.1, 0.15) is 38.8 Å². The number of rotatable bonds is 2. The van der Waals surface area contributed by atoms with Gasteiger partial charge < -0.3 is 0 Å². The van der Waals surface area contributed by atoms with Crippen LogP contribution in [0, 0.1) is 6.92 Å². The van der Waals surface area contributed by atoms with E-state index in [9.17, 15) is 22.8 Å². The van der Waals surface area contributed by atoms with Crippen molar-refractivity contribution in [3.63, 3.8) is 0 Å². The fraction of sp³-hybridized carbons (Fsp3) is 0.273. The van der Waals surface area contributed by atoms with Gasteiger partial charge >= 0.3 is 6.18 Å². The molecule has 0 aliphatic rings. The number of benzene rings is 1. The lowest BCUT2D eigenvalue weighted by molar-refractivity contribution is -0.137. The molecule has 0 atom stereocenters. The molecule has 0 unspecified atom stereocenters. The monoisotopic (exact) mass is 230 g/mol. The number of ketones is 1. The normalized spacial score (nSPS) is 11.3. The van der Waals surface area contributed by atoms with Crippen LogP contribution in [-0.4, -0.2) is 12.1 Å². The summed E-state index contributed by atoms with van der Waals surface area (Å²) in [4.78, 5) is 21.8. The van der Waals surface area contributed by atoms with Crippen LogP contribution in [0.4, 0.5) is 13.2 Å². The summed E-state index contributed by atoms with van der Waals surface area (Å²) in [5.41, 5.74) is -1.55. The minimum atomic E-state index is -4.63. The van der Waals surface area contributed by atoms with E-state index in [4.69, 9.17) is 0 Å². The molecule has 5 heteroatoms. The Bertz CT molecular complexity index is 447. The van der Waals surface area contributed by atoms with Gasteiger partial charge in [0, 0.05) is 11.1 Å². The van der Waals surface area contributed by atoms with Crippen molar-refractivity contribution in [3.05, 3.63) is 34.4 Å². The highest BCUT2D eigenvalue weighted by molar-refractivity contribution is 6.03. The van der Waals surface area contributed by atoms with E-state index in [1.807, 2.05) is 0 Å². The van der Waals surface area contributed by atoms with Gasteiger partial charge in [-0.1, -0.05) is 0 Å². The van der Waals surface area contributed by atoms with Crippen molar-refractivity contribution in [1.29, 1.82) is 0 Å². The van der Waals surface area contributed by atoms with E-state index < -0.39 is 23.1 Å². The van der Waals surface area contributed by atoms with Gasteiger partial charge in [0.25, 0.3) is 0 Å². The lowest BCUT2D eigenvalue weighted by atomic mass is 9.95. The molecule has 1 aromatic carbocycles. The molecule has 0 amide bonds. The maximum absolute atomic E-state index is 12.6. The van der Waals surface area contributed by atoms with Crippen LogP contribution in [0.15, 0.2) is 12.1 Å². The number of alkyl halides is 3. The summed E-state index contributed by atoms with van der Waals surface area (Å²) < 4.78 is 37.9. The van der Waals surface area contributed by atoms with Gasteiger partial charge in [0.2, 0.25) is 0 Å². The first kappa shape index (κ1) is 12.4. The van der Waals surface area contributed by atoms with Crippen LogP contribution in [0.25, 0.3) is 0 Å². The second-order valence-electron chi connectivity index (χ2n) is 3.45. The highest BCUT2D eigenvalue weighted by atomic mass is 19.4. The predicted octanol–water partition coefficient (Wildman–Crippen LogP) is 3.03. The van der Waals surface area contributed by atoms with Crippen LogP contribution >= 0.6 is 0 Å². The average Bonchev–Trinajstić information content (AvgIpc) is 2.14. The topological polar surface area (TPSA) is 34.1 Å². The lowest BCUT2D eigenvalue weighted by Gasteiger charge is -2.13. The van der Waals surface area contributed by atoms with Crippen molar-refractivity contribution in [2.45, 2.75) is 20.0 Å². The minimum absolute atomic E-state index is 0.222. The molecule has 2 nitrogen and oxygen atoms in total. The van der Waals surface area contributed by atoms with E-state index >= 15 is 0 Å². The van der Waals surface area contributed by atoms with Crippen LogP contribution in [0.3, 0.4) is 0 Å². The molecule has 16 heavy (non-hydrogen) atoms. The maximum atomic E-state index is 12.6. The second-order valence-corrected chi connectivity index (χ2v) is 3.45. The molecule has 0 bridgehead atoms. The van der Waals surface area contributed by atoms with E-state index in [1.165, 1.54) is 13.0 Å². The summed E-state index contributed by atoms with van der Waals surface area (Å²) >= 11 is 0. The number of aldehydes is 1. The van der Waals surface area contributed by atoms with Gasteiger partial charge in [0.15, 0.2) is 12.1 Å². The molecule has 1 rings (SSSR count). The maximum Gasteiger partial charge on any atom is 0.417 e. The van der Waals surface area contributed by atoms with E-state index in [1.54, 1.807) is 0 Å². The van der Waals surface area contributed by atoms with Gasteiger partial charge in [-0.3, -0.25) is 9.59 Å². The third-order valence-corrected chi connectivity index (χ3v) is 2.10. The zero-order chi connectivity index (χ0) is 12.5. The Labute approximate surface area is 90.1 Å². The van der Waals surface area contributed by atoms with E-state index in [-0.39, 0.29) is 11.8 Å². The highest BCUT2D eigenvalue weighted by Crippen LogP contribution is 2.34. The number of halogens is 3. The average molecular weight is 230 g/mol. The molecule has 0 N–H and O–H groups in total. The molecule has 0 fully saturated rings. The number of aryl methyl sites for hydroxylation is 1. The number of Topliss-reactive ketones (excluding diaryl/α,β-unsaturated/α-hetero) is 1. The standard InChI is InChI=1S/C11H9F3O2/c1-6-3-8(5-15)10(7(2)16)9(4-6)11(12,13)14/h3-5H,1-2H3. The van der Waals surface area contributed by atoms with Crippen molar-refractivity contribution < 1.29 is 22.8 Å². The Kier molecular flexibility index (Phi) is 3.16. The zero-order valence-corrected chi connectivity index (χ0v) is 8.68. The van der Waals surface area contributed by atoms with Crippen molar-refractivity contribution in [1.82, 2.24) is 0 Å². The third-order valence-electron chi connectivity index (χ3n) is 2.10. The largest absolute Gasteiger partial charge is 0.417 e. The summed E-state index contributed by atoms with van der Waals surface area (Å²) in [6.45, 7) is 2.44. The molecule has 0 aliphatic heterocycles. The Morgan fingerprint density at radius 3 is 2.25 bits per heavy atom. The Morgan fingerprint density at radius 2 is 1.88 bits per heavy atom. The van der Waals surface area contributed by atoms with Crippen LogP contribution in [-0.2, 0) is 6.18 Å². The minimum Gasteiger partial charge on any atom is -0.298 e. The van der Waals surface area contributed by atoms with Crippen LogP contribution in [0.5, 0.6) is 0 Å². The van der Waals surface area contributed by atoms with E-state index in [0.717, 1.165) is 13.0 Å². The molecule has 0 aromatic heterocycles. The first-order valence-corrected chi connectivity index (χ1v) is 4.45. The molecule has 0 spiro atoms. The Morgan fingerprint density at radius 1 is 1.31 bits per heavy atom. The molecule has 1 aromatic rings. The SMILES string of the molecule is CC(=O)c1c(C=O)cc(C)cc1C(F)(F)F. The van der Waals surface area contributed by atoms with Gasteiger partial charge in [-0.25, -0.2) is 0 Å². The van der Waals surface area contributed by atoms with Gasteiger partial charge in [0.1, 0.15) is 0 Å². The van der Waals surface area contributed by atoms with E-state index in [0.29, 0.717) is 5.56 Å². The van der Waals surface area contributed by atoms with Gasteiger partial charge in [0.05, 0.1) is 5.56 Å². The summed E-state index contributed by atoms with van der Waals surface area (Å²) in [7, 11) is 0. The smallest absolute Gasteiger partial charge is 0.298 e. The quantitative estimate of drug-likeness (QED) is 0.578. The predicted molar refractivity (Wildman–Crippen MR) is 51.6 cm³/mol. The van der Waals surface area contributed by atoms with Gasteiger partial charge in [-0.15, -0.1) is 0 Å². The molecule has 0 saturated heterocycles. The van der Waals surface area contributed by atoms with E-state index in [2.05, 4.69) is 0 Å². The summed E-state index contributed by atoms with van der Waals surface area (Å²) in [5.74, 6) is -0.769. The van der Waals surface area contributed by atoms with Gasteiger partial charge in [-0.2, -0.15) is 13.2 Å². The first-order chi connectivity index (χ1) is 7.27. The first-order valence-electron chi connectivity index (χ1n) is 4.45. The Hall–Kier alpha value is -1.65. The number of carbonyl (C=O) groups excluding carboxylic acids is 2. The van der Waals surface area contributed by atoms with Gasteiger partial charge in [-0.05, 0) is 31.5 Å². The number of carbonyl (C=O) groups is 2. The highest BCUT2D eigenvalue weighted by Gasteiger charge is 2.35. The fourth-order valence-corrected chi connectivity index (χ4v) is 1.52. The second kappa shape index (κ2) is 4.08. The number of hydrogen-bond acceptors (Lipinski definition) is 2. The summed E-state index contributed by atoms with van der Waals surface area (Å²) in [6, 6.07) is 2.13. The van der Waals surface area contributed by atoms with Crippen molar-refractivity contribution in [3.8, 4) is 0 Å². The zero-order valence-electron chi connectivity index (χ0n) is 8.68. The summed E-state index contributed by atoms with van der Waals surface area (Å²) in [5, 5.41) is 0. The number of hydrogen-bond donors (Lipinski definition) is 0. The Balaban J connectivity index is 3.64. The molecule has 0 heterocycles. The molecule has 0 aliphatic carbocycles. The van der Waals surface area contributed by atoms with Crippen LogP contribution in [0.2, 0.25) is 0 Å². The summed E-state index contributed by atoms with van der Waals surface area (Å²) in [6.07, 6.45) is -4.37. The molecular formula is C11H9F3O2. The van der Waals surface area contributed by atoms with Crippen molar-refractivity contribution in [2.75, 3.05) is 0 Å². The molecule has 0 radical (unpaired) electrons. The third kappa shape index (κ3) is 2.29. The fourth-order valence-electron chi connectivity index (χ4n) is 1.52. The molecular weight excluding hydrogens is 221 g/mol. The lowest BCUT2D eigenvalue weighted by Crippen LogP contribution is -2.14. The molecule has 0 saturated carbocycles. The van der Waals surface area contributed by atoms with Crippen molar-refractivity contribution in [2.24, 2.45) is 0 Å². The van der Waals surface area contributed by atoms with Crippen molar-refractivity contribution >= 4 is 12.1 Å². The van der Waals surface area contributed by atoms with Crippen LogP contribution < -0.4 is 0 Å². The molecule has 86 valence electrons.